The molecule has 0 aromatic carbocycles. The average Bonchev–Trinajstić information content (AvgIpc) is 2.67. The van der Waals surface area contributed by atoms with Crippen molar-refractivity contribution in [2.24, 2.45) is 10.9 Å². The maximum Gasteiger partial charge on any atom is 0.191 e. The third kappa shape index (κ3) is 7.13. The van der Waals surface area contributed by atoms with Gasteiger partial charge in [-0.3, -0.25) is 4.99 Å². The highest BCUT2D eigenvalue weighted by Gasteiger charge is 2.10. The van der Waals surface area contributed by atoms with Crippen LogP contribution in [0.2, 0.25) is 0 Å². The second-order valence-electron chi connectivity index (χ2n) is 6.19. The summed E-state index contributed by atoms with van der Waals surface area (Å²) < 4.78 is 0. The molecule has 0 aliphatic carbocycles. The lowest BCUT2D eigenvalue weighted by Gasteiger charge is -2.22. The zero-order valence-corrected chi connectivity index (χ0v) is 13.9. The summed E-state index contributed by atoms with van der Waals surface area (Å²) in [6, 6.07) is 0.450. The van der Waals surface area contributed by atoms with Gasteiger partial charge in [0.25, 0.3) is 0 Å². The Morgan fingerprint density at radius 2 is 1.75 bits per heavy atom. The van der Waals surface area contributed by atoms with E-state index < -0.39 is 0 Å². The molecule has 4 heteroatoms. The van der Waals surface area contributed by atoms with E-state index in [1.54, 1.807) is 0 Å². The second kappa shape index (κ2) is 10.0. The fourth-order valence-electron chi connectivity index (χ4n) is 2.37. The lowest BCUT2D eigenvalue weighted by atomic mass is 10.1. The molecule has 4 nitrogen and oxygen atoms in total. The molecule has 0 aromatic rings. The highest BCUT2D eigenvalue weighted by Crippen LogP contribution is 2.08. The van der Waals surface area contributed by atoms with Crippen LogP contribution >= 0.6 is 0 Å². The van der Waals surface area contributed by atoms with Crippen molar-refractivity contribution in [2.45, 2.75) is 59.4 Å². The highest BCUT2D eigenvalue weighted by atomic mass is 15.2. The topological polar surface area (TPSA) is 39.7 Å². The number of rotatable bonds is 6. The smallest absolute Gasteiger partial charge is 0.191 e. The van der Waals surface area contributed by atoms with Gasteiger partial charge in [0.15, 0.2) is 5.96 Å². The van der Waals surface area contributed by atoms with E-state index >= 15 is 0 Å². The summed E-state index contributed by atoms with van der Waals surface area (Å²) in [5, 5.41) is 6.83. The number of aliphatic imine (C=N–C) groups is 1. The minimum atomic E-state index is 0.450. The first kappa shape index (κ1) is 17.3. The van der Waals surface area contributed by atoms with Crippen LogP contribution in [0.1, 0.15) is 53.4 Å². The Bertz CT molecular complexity index is 268. The van der Waals surface area contributed by atoms with Crippen molar-refractivity contribution in [3.8, 4) is 0 Å². The molecule has 2 N–H and O–H groups in total. The SMILES string of the molecule is CCNC(=NCCN1CCCCCC1)NC(C)C(C)C. The minimum Gasteiger partial charge on any atom is -0.357 e. The van der Waals surface area contributed by atoms with E-state index in [2.05, 4.69) is 43.2 Å². The average molecular weight is 282 g/mol. The van der Waals surface area contributed by atoms with Crippen molar-refractivity contribution < 1.29 is 0 Å². The second-order valence-corrected chi connectivity index (χ2v) is 6.19. The van der Waals surface area contributed by atoms with Crippen LogP contribution in [0.4, 0.5) is 0 Å². The molecule has 1 atom stereocenters. The lowest BCUT2D eigenvalue weighted by Crippen LogP contribution is -2.44. The van der Waals surface area contributed by atoms with Gasteiger partial charge in [-0.2, -0.15) is 0 Å². The van der Waals surface area contributed by atoms with Crippen molar-refractivity contribution in [1.29, 1.82) is 0 Å². The number of likely N-dealkylation sites (tertiary alicyclic amines) is 1. The van der Waals surface area contributed by atoms with Gasteiger partial charge in [-0.15, -0.1) is 0 Å². The van der Waals surface area contributed by atoms with E-state index in [-0.39, 0.29) is 0 Å². The Balaban J connectivity index is 2.37. The monoisotopic (exact) mass is 282 g/mol. The lowest BCUT2D eigenvalue weighted by molar-refractivity contribution is 0.293. The van der Waals surface area contributed by atoms with E-state index in [9.17, 15) is 0 Å². The quantitative estimate of drug-likeness (QED) is 0.581. The number of hydrogen-bond acceptors (Lipinski definition) is 2. The molecule has 118 valence electrons. The zero-order chi connectivity index (χ0) is 14.8. The molecule has 0 spiro atoms. The highest BCUT2D eigenvalue weighted by molar-refractivity contribution is 5.80. The summed E-state index contributed by atoms with van der Waals surface area (Å²) in [5.74, 6) is 1.58. The van der Waals surface area contributed by atoms with Crippen LogP contribution < -0.4 is 10.6 Å². The van der Waals surface area contributed by atoms with Crippen LogP contribution in [0, 0.1) is 5.92 Å². The van der Waals surface area contributed by atoms with E-state index in [0.717, 1.165) is 25.6 Å². The molecule has 1 aliphatic heterocycles. The largest absolute Gasteiger partial charge is 0.357 e. The van der Waals surface area contributed by atoms with E-state index in [4.69, 9.17) is 4.99 Å². The standard InChI is InChI=1S/C16H34N4/c1-5-17-16(19-15(4)14(2)3)18-10-13-20-11-8-6-7-9-12-20/h14-15H,5-13H2,1-4H3,(H2,17,18,19). The molecule has 1 saturated heterocycles. The maximum atomic E-state index is 4.71. The first-order chi connectivity index (χ1) is 9.63. The fraction of sp³-hybridized carbons (Fsp3) is 0.938. The summed E-state index contributed by atoms with van der Waals surface area (Å²) in [4.78, 5) is 7.27. The van der Waals surface area contributed by atoms with Gasteiger partial charge in [-0.1, -0.05) is 26.7 Å². The summed E-state index contributed by atoms with van der Waals surface area (Å²) in [5.41, 5.74) is 0. The molecule has 0 bridgehead atoms. The summed E-state index contributed by atoms with van der Waals surface area (Å²) in [6.07, 6.45) is 5.50. The van der Waals surface area contributed by atoms with E-state index in [0.29, 0.717) is 12.0 Å². The Morgan fingerprint density at radius 3 is 2.30 bits per heavy atom. The third-order valence-electron chi connectivity index (χ3n) is 4.09. The van der Waals surface area contributed by atoms with Crippen LogP contribution in [0.25, 0.3) is 0 Å². The molecule has 0 saturated carbocycles. The third-order valence-corrected chi connectivity index (χ3v) is 4.09. The number of hydrogen-bond donors (Lipinski definition) is 2. The van der Waals surface area contributed by atoms with Crippen molar-refractivity contribution in [3.05, 3.63) is 0 Å². The predicted molar refractivity (Wildman–Crippen MR) is 88.3 cm³/mol. The normalized spacial score (nSPS) is 19.8. The van der Waals surface area contributed by atoms with Crippen molar-refractivity contribution in [2.75, 3.05) is 32.7 Å². The van der Waals surface area contributed by atoms with Crippen molar-refractivity contribution in [3.63, 3.8) is 0 Å². The Labute approximate surface area is 125 Å². The van der Waals surface area contributed by atoms with Gasteiger partial charge in [0.05, 0.1) is 6.54 Å². The molecule has 0 amide bonds. The van der Waals surface area contributed by atoms with Gasteiger partial charge >= 0.3 is 0 Å². The molecule has 1 heterocycles. The van der Waals surface area contributed by atoms with Gasteiger partial charge in [-0.05, 0) is 45.7 Å². The minimum absolute atomic E-state index is 0.450. The van der Waals surface area contributed by atoms with Crippen LogP contribution in [0.3, 0.4) is 0 Å². The van der Waals surface area contributed by atoms with Gasteiger partial charge in [-0.25, -0.2) is 0 Å². The van der Waals surface area contributed by atoms with Gasteiger partial charge in [0, 0.05) is 19.1 Å². The molecular weight excluding hydrogens is 248 g/mol. The Morgan fingerprint density at radius 1 is 1.10 bits per heavy atom. The first-order valence-corrected chi connectivity index (χ1v) is 8.40. The van der Waals surface area contributed by atoms with Gasteiger partial charge in [0.2, 0.25) is 0 Å². The summed E-state index contributed by atoms with van der Waals surface area (Å²) >= 11 is 0. The van der Waals surface area contributed by atoms with Crippen LogP contribution in [-0.4, -0.2) is 49.6 Å². The molecule has 1 fully saturated rings. The Kier molecular flexibility index (Phi) is 8.67. The maximum absolute atomic E-state index is 4.71. The van der Waals surface area contributed by atoms with Crippen LogP contribution in [0.15, 0.2) is 4.99 Å². The molecule has 1 aliphatic rings. The molecule has 20 heavy (non-hydrogen) atoms. The molecular formula is C16H34N4. The molecule has 0 aromatic heterocycles. The van der Waals surface area contributed by atoms with Crippen molar-refractivity contribution in [1.82, 2.24) is 15.5 Å². The molecule has 0 radical (unpaired) electrons. The summed E-state index contributed by atoms with van der Waals surface area (Å²) in [6.45, 7) is 14.2. The number of nitrogens with one attached hydrogen (secondary N) is 2. The van der Waals surface area contributed by atoms with Crippen LogP contribution in [0.5, 0.6) is 0 Å². The predicted octanol–water partition coefficient (Wildman–Crippen LogP) is 2.46. The van der Waals surface area contributed by atoms with Crippen LogP contribution in [-0.2, 0) is 0 Å². The molecule has 1 rings (SSSR count). The zero-order valence-electron chi connectivity index (χ0n) is 13.9. The molecule has 1 unspecified atom stereocenters. The first-order valence-electron chi connectivity index (χ1n) is 8.40. The fourth-order valence-corrected chi connectivity index (χ4v) is 2.37. The number of nitrogens with zero attached hydrogens (tertiary/aromatic N) is 2. The Hall–Kier alpha value is -0.770. The van der Waals surface area contributed by atoms with Gasteiger partial charge in [0.1, 0.15) is 0 Å². The number of guanidine groups is 1. The van der Waals surface area contributed by atoms with E-state index in [1.807, 2.05) is 0 Å². The van der Waals surface area contributed by atoms with Crippen molar-refractivity contribution >= 4 is 5.96 Å². The van der Waals surface area contributed by atoms with E-state index in [1.165, 1.54) is 38.8 Å². The van der Waals surface area contributed by atoms with Gasteiger partial charge < -0.3 is 15.5 Å². The summed E-state index contributed by atoms with van der Waals surface area (Å²) in [7, 11) is 0.